The Kier molecular flexibility index (Phi) is 6.09. The van der Waals surface area contributed by atoms with E-state index in [1.54, 1.807) is 19.0 Å². The van der Waals surface area contributed by atoms with Crippen molar-refractivity contribution in [2.24, 2.45) is 0 Å². The van der Waals surface area contributed by atoms with Crippen molar-refractivity contribution in [3.8, 4) is 0 Å². The van der Waals surface area contributed by atoms with E-state index in [2.05, 4.69) is 5.32 Å². The third kappa shape index (κ3) is 5.36. The minimum atomic E-state index is -0.564. The van der Waals surface area contributed by atoms with Crippen LogP contribution >= 0.6 is 0 Å². The topological polar surface area (TPSA) is 52.6 Å². The van der Waals surface area contributed by atoms with E-state index in [0.717, 1.165) is 25.7 Å². The second-order valence-electron chi connectivity index (χ2n) is 5.91. The fourth-order valence-corrected chi connectivity index (χ4v) is 2.44. The Morgan fingerprint density at radius 2 is 1.83 bits per heavy atom. The van der Waals surface area contributed by atoms with Crippen LogP contribution in [0.4, 0.5) is 0 Å². The first kappa shape index (κ1) is 15.4. The van der Waals surface area contributed by atoms with E-state index >= 15 is 0 Å². The maximum Gasteiger partial charge on any atom is 0.223 e. The maximum atomic E-state index is 11.6. The van der Waals surface area contributed by atoms with Gasteiger partial charge in [0.1, 0.15) is 0 Å². The summed E-state index contributed by atoms with van der Waals surface area (Å²) >= 11 is 0. The van der Waals surface area contributed by atoms with Crippen LogP contribution in [0.5, 0.6) is 0 Å². The number of rotatable bonds is 5. The van der Waals surface area contributed by atoms with Gasteiger partial charge in [-0.05, 0) is 19.8 Å². The number of carbonyl (C=O) groups excluding carboxylic acids is 1. The highest BCUT2D eigenvalue weighted by Crippen LogP contribution is 2.26. The first-order valence-electron chi connectivity index (χ1n) is 7.09. The van der Waals surface area contributed by atoms with E-state index in [9.17, 15) is 9.90 Å². The lowest BCUT2D eigenvalue weighted by Crippen LogP contribution is -2.44. The molecule has 0 aromatic rings. The van der Waals surface area contributed by atoms with E-state index in [0.29, 0.717) is 13.0 Å². The minimum Gasteiger partial charge on any atom is -0.389 e. The summed E-state index contributed by atoms with van der Waals surface area (Å²) in [6.45, 7) is 2.61. The molecule has 1 atom stereocenters. The number of hydrogen-bond acceptors (Lipinski definition) is 3. The maximum absolute atomic E-state index is 11.6. The van der Waals surface area contributed by atoms with Crippen LogP contribution in [0.15, 0.2) is 0 Å². The molecule has 0 heterocycles. The SMILES string of the molecule is CC(CC(=O)N(C)C)NCC1(O)CCCCCC1. The lowest BCUT2D eigenvalue weighted by Gasteiger charge is -2.29. The zero-order valence-corrected chi connectivity index (χ0v) is 12.0. The zero-order chi connectivity index (χ0) is 13.6. The van der Waals surface area contributed by atoms with Crippen LogP contribution in [0.3, 0.4) is 0 Å². The van der Waals surface area contributed by atoms with Gasteiger partial charge in [-0.25, -0.2) is 0 Å². The quantitative estimate of drug-likeness (QED) is 0.733. The summed E-state index contributed by atoms with van der Waals surface area (Å²) in [7, 11) is 3.54. The molecule has 1 unspecified atom stereocenters. The fourth-order valence-electron chi connectivity index (χ4n) is 2.44. The van der Waals surface area contributed by atoms with Crippen molar-refractivity contribution in [3.63, 3.8) is 0 Å². The summed E-state index contributed by atoms with van der Waals surface area (Å²) < 4.78 is 0. The molecule has 4 nitrogen and oxygen atoms in total. The van der Waals surface area contributed by atoms with E-state index in [4.69, 9.17) is 0 Å². The van der Waals surface area contributed by atoms with Crippen molar-refractivity contribution in [2.75, 3.05) is 20.6 Å². The van der Waals surface area contributed by atoms with E-state index in [1.165, 1.54) is 12.8 Å². The first-order valence-corrected chi connectivity index (χ1v) is 7.09. The van der Waals surface area contributed by atoms with Crippen LogP contribution in [0.25, 0.3) is 0 Å². The van der Waals surface area contributed by atoms with Gasteiger partial charge >= 0.3 is 0 Å². The highest BCUT2D eigenvalue weighted by molar-refractivity contribution is 5.76. The lowest BCUT2D eigenvalue weighted by atomic mass is 9.94. The predicted molar refractivity (Wildman–Crippen MR) is 73.4 cm³/mol. The number of nitrogens with zero attached hydrogens (tertiary/aromatic N) is 1. The molecule has 106 valence electrons. The van der Waals surface area contributed by atoms with Gasteiger partial charge in [-0.2, -0.15) is 0 Å². The lowest BCUT2D eigenvalue weighted by molar-refractivity contribution is -0.129. The molecule has 0 radical (unpaired) electrons. The molecule has 1 fully saturated rings. The van der Waals surface area contributed by atoms with Gasteiger partial charge in [0, 0.05) is 33.1 Å². The molecular weight excluding hydrogens is 228 g/mol. The molecule has 1 saturated carbocycles. The molecule has 4 heteroatoms. The minimum absolute atomic E-state index is 0.118. The van der Waals surface area contributed by atoms with Crippen LogP contribution in [-0.4, -0.2) is 48.2 Å². The molecule has 2 N–H and O–H groups in total. The Balaban J connectivity index is 2.32. The number of nitrogens with one attached hydrogen (secondary N) is 1. The fraction of sp³-hybridized carbons (Fsp3) is 0.929. The Bertz CT molecular complexity index is 259. The summed E-state index contributed by atoms with van der Waals surface area (Å²) in [4.78, 5) is 13.2. The van der Waals surface area contributed by atoms with Gasteiger partial charge in [0.25, 0.3) is 0 Å². The number of carbonyl (C=O) groups is 1. The monoisotopic (exact) mass is 256 g/mol. The molecule has 0 aromatic carbocycles. The molecule has 1 amide bonds. The second-order valence-corrected chi connectivity index (χ2v) is 5.91. The van der Waals surface area contributed by atoms with Crippen LogP contribution in [0, 0.1) is 0 Å². The van der Waals surface area contributed by atoms with E-state index in [-0.39, 0.29) is 11.9 Å². The number of aliphatic hydroxyl groups is 1. The van der Waals surface area contributed by atoms with Crippen molar-refractivity contribution >= 4 is 5.91 Å². The largest absolute Gasteiger partial charge is 0.389 e. The summed E-state index contributed by atoms with van der Waals surface area (Å²) in [6.07, 6.45) is 6.95. The zero-order valence-electron chi connectivity index (χ0n) is 12.0. The Morgan fingerprint density at radius 1 is 1.28 bits per heavy atom. The molecule has 0 bridgehead atoms. The first-order chi connectivity index (χ1) is 8.43. The van der Waals surface area contributed by atoms with Gasteiger partial charge in [-0.1, -0.05) is 25.7 Å². The van der Waals surface area contributed by atoms with Crippen LogP contribution in [0.1, 0.15) is 51.9 Å². The second kappa shape index (κ2) is 7.10. The van der Waals surface area contributed by atoms with Gasteiger partial charge in [-0.3, -0.25) is 4.79 Å². The van der Waals surface area contributed by atoms with Gasteiger partial charge in [0.2, 0.25) is 5.91 Å². The Morgan fingerprint density at radius 3 is 2.33 bits per heavy atom. The predicted octanol–water partition coefficient (Wildman–Crippen LogP) is 1.53. The molecule has 0 aliphatic heterocycles. The van der Waals surface area contributed by atoms with Gasteiger partial charge < -0.3 is 15.3 Å². The molecule has 1 aliphatic carbocycles. The van der Waals surface area contributed by atoms with Crippen molar-refractivity contribution in [2.45, 2.75) is 63.5 Å². The van der Waals surface area contributed by atoms with Crippen LogP contribution in [-0.2, 0) is 4.79 Å². The average molecular weight is 256 g/mol. The van der Waals surface area contributed by atoms with Crippen LogP contribution in [0.2, 0.25) is 0 Å². The van der Waals surface area contributed by atoms with E-state index < -0.39 is 5.60 Å². The van der Waals surface area contributed by atoms with Crippen molar-refractivity contribution in [1.82, 2.24) is 10.2 Å². The van der Waals surface area contributed by atoms with Crippen molar-refractivity contribution in [1.29, 1.82) is 0 Å². The van der Waals surface area contributed by atoms with E-state index in [1.807, 2.05) is 6.92 Å². The number of amides is 1. The summed E-state index contributed by atoms with van der Waals surface area (Å²) in [5.41, 5.74) is -0.564. The highest BCUT2D eigenvalue weighted by atomic mass is 16.3. The van der Waals surface area contributed by atoms with Gasteiger partial charge in [-0.15, -0.1) is 0 Å². The highest BCUT2D eigenvalue weighted by Gasteiger charge is 2.28. The van der Waals surface area contributed by atoms with Crippen molar-refractivity contribution in [3.05, 3.63) is 0 Å². The average Bonchev–Trinajstić information content (AvgIpc) is 2.52. The van der Waals surface area contributed by atoms with Gasteiger partial charge in [0.05, 0.1) is 5.60 Å². The standard InChI is InChI=1S/C14H28N2O2/c1-12(10-13(17)16(2)3)15-11-14(18)8-6-4-5-7-9-14/h12,15,18H,4-11H2,1-3H3. The smallest absolute Gasteiger partial charge is 0.223 e. The van der Waals surface area contributed by atoms with Crippen molar-refractivity contribution < 1.29 is 9.90 Å². The molecule has 1 aliphatic rings. The molecule has 0 aromatic heterocycles. The molecule has 18 heavy (non-hydrogen) atoms. The Hall–Kier alpha value is -0.610. The normalized spacial score (nSPS) is 21.1. The molecule has 1 rings (SSSR count). The van der Waals surface area contributed by atoms with Crippen LogP contribution < -0.4 is 5.32 Å². The van der Waals surface area contributed by atoms with Gasteiger partial charge in [0.15, 0.2) is 0 Å². The third-order valence-corrected chi connectivity index (χ3v) is 3.79. The Labute approximate surface area is 111 Å². The molecule has 0 spiro atoms. The molecule has 0 saturated heterocycles. The third-order valence-electron chi connectivity index (χ3n) is 3.79. The molecular formula is C14H28N2O2. The number of hydrogen-bond donors (Lipinski definition) is 2. The summed E-state index contributed by atoms with van der Waals surface area (Å²) in [5.74, 6) is 0.128. The summed E-state index contributed by atoms with van der Waals surface area (Å²) in [6, 6.07) is 0.118. The summed E-state index contributed by atoms with van der Waals surface area (Å²) in [5, 5.41) is 13.8.